The number of sulfone groups is 1. The van der Waals surface area contributed by atoms with Crippen LogP contribution < -0.4 is 9.47 Å². The predicted octanol–water partition coefficient (Wildman–Crippen LogP) is 5.93. The van der Waals surface area contributed by atoms with E-state index in [9.17, 15) is 16.8 Å². The number of rotatable bonds is 18. The number of aryl methyl sites for hydroxylation is 4. The summed E-state index contributed by atoms with van der Waals surface area (Å²) < 4.78 is 72.8. The minimum absolute atomic E-state index is 0.215. The molecule has 0 heterocycles. The monoisotopic (exact) mass is 873 g/mol. The molecule has 0 saturated carbocycles. The maximum absolute atomic E-state index is 12.7. The molecule has 0 aromatic heterocycles. The van der Waals surface area contributed by atoms with E-state index in [2.05, 4.69) is 29.5 Å². The van der Waals surface area contributed by atoms with E-state index in [0.717, 1.165) is 36.8 Å². The molecule has 0 atom stereocenters. The molecule has 0 unspecified atom stereocenters. The Hall–Kier alpha value is -2.69. The molecule has 2 rings (SSSR count). The summed E-state index contributed by atoms with van der Waals surface area (Å²) in [5, 5.41) is 0. The van der Waals surface area contributed by atoms with E-state index in [1.807, 2.05) is 25.7 Å². The molecule has 0 amide bonds. The van der Waals surface area contributed by atoms with Crippen molar-refractivity contribution < 1.29 is 55.0 Å². The SMILES string of the molecule is CCCCCS(=O)(=O)c1c(C)cc(OCCOC)cc1C.CCCCN(C)S(=O)(=O)c1c(C)cc(OCCOC)cc1C.CI.O=C=O.O=C=O. The van der Waals surface area contributed by atoms with Gasteiger partial charge in [-0.2, -0.15) is 19.2 Å². The number of alkyl halides is 1. The lowest BCUT2D eigenvalue weighted by atomic mass is 10.1. The quantitative estimate of drug-likeness (QED) is 0.0983. The number of ether oxygens (including phenoxy) is 4. The Balaban J connectivity index is -0.000000750. The van der Waals surface area contributed by atoms with Crippen LogP contribution in [0.5, 0.6) is 11.5 Å². The Morgan fingerprint density at radius 2 is 0.980 bits per heavy atom. The standard InChI is InChI=1S/C16H27NO4S.C16H26O4S.CH3I.2CO2/c1-6-7-8-17(4)22(18,19)16-13(2)11-15(12-14(16)3)21-10-9-20-5;1-5-6-7-10-21(17,18)16-13(2)11-15(12-14(16)3)20-9-8-19-4;1-2;2*2-1-3/h11-12H,6-10H2,1-5H3;11-12H,5-10H2,1-4H3;1H3;;. The number of methoxy groups -OCH3 is 2. The first-order valence-electron chi connectivity index (χ1n) is 16.1. The highest BCUT2D eigenvalue weighted by atomic mass is 127. The van der Waals surface area contributed by atoms with E-state index in [1.165, 1.54) is 4.31 Å². The maximum Gasteiger partial charge on any atom is 0.373 e. The predicted molar refractivity (Wildman–Crippen MR) is 203 cm³/mol. The fourth-order valence-electron chi connectivity index (χ4n) is 4.67. The average molecular weight is 874 g/mol. The third kappa shape index (κ3) is 21.4. The van der Waals surface area contributed by atoms with Crippen LogP contribution >= 0.6 is 22.6 Å². The topological polar surface area (TPSA) is 177 Å². The van der Waals surface area contributed by atoms with E-state index >= 15 is 0 Å². The first kappa shape index (κ1) is 52.7. The number of carbonyl (C=O) groups excluding carboxylic acids is 4. The second kappa shape index (κ2) is 30.9. The zero-order chi connectivity index (χ0) is 40.0. The van der Waals surface area contributed by atoms with Crippen LogP contribution in [0.25, 0.3) is 0 Å². The molecule has 0 aliphatic rings. The van der Waals surface area contributed by atoms with Crippen molar-refractivity contribution in [3.8, 4) is 11.5 Å². The number of hydrogen-bond donors (Lipinski definition) is 0. The second-order valence-electron chi connectivity index (χ2n) is 10.8. The van der Waals surface area contributed by atoms with Crippen molar-refractivity contribution in [2.45, 2.75) is 83.4 Å². The van der Waals surface area contributed by atoms with Crippen LogP contribution in [0.15, 0.2) is 34.1 Å². The number of nitrogens with zero attached hydrogens (tertiary/aromatic N) is 1. The number of hydrogen-bond acceptors (Lipinski definition) is 12. The number of sulfonamides is 1. The van der Waals surface area contributed by atoms with Gasteiger partial charge in [0.25, 0.3) is 0 Å². The highest BCUT2D eigenvalue weighted by Crippen LogP contribution is 2.29. The van der Waals surface area contributed by atoms with Gasteiger partial charge in [-0.25, -0.2) is 21.1 Å². The summed E-state index contributed by atoms with van der Waals surface area (Å²) in [6.45, 7) is 13.8. The minimum atomic E-state index is -3.46. The smallest absolute Gasteiger partial charge is 0.373 e. The van der Waals surface area contributed by atoms with Crippen molar-refractivity contribution in [1.82, 2.24) is 4.31 Å². The van der Waals surface area contributed by atoms with Crippen molar-refractivity contribution in [1.29, 1.82) is 0 Å². The van der Waals surface area contributed by atoms with Gasteiger partial charge in [-0.3, -0.25) is 0 Å². The van der Waals surface area contributed by atoms with Gasteiger partial charge in [-0.1, -0.05) is 55.7 Å². The highest BCUT2D eigenvalue weighted by molar-refractivity contribution is 14.1. The van der Waals surface area contributed by atoms with Crippen LogP contribution in [0, 0.1) is 27.7 Å². The van der Waals surface area contributed by atoms with Gasteiger partial charge in [0.2, 0.25) is 10.0 Å². The molecule has 0 spiro atoms. The Morgan fingerprint density at radius 1 is 0.627 bits per heavy atom. The zero-order valence-corrected chi connectivity index (χ0v) is 35.4. The maximum atomic E-state index is 12.7. The van der Waals surface area contributed by atoms with Crippen LogP contribution in [0.2, 0.25) is 0 Å². The number of unbranched alkanes of at least 4 members (excludes halogenated alkanes) is 3. The van der Waals surface area contributed by atoms with Gasteiger partial charge in [0, 0.05) is 27.8 Å². The summed E-state index contributed by atoms with van der Waals surface area (Å²) in [6, 6.07) is 7.11. The molecule has 2 aromatic rings. The zero-order valence-electron chi connectivity index (χ0n) is 31.6. The average Bonchev–Trinajstić information content (AvgIpc) is 3.05. The molecule has 16 heteroatoms. The Labute approximate surface area is 318 Å². The Bertz CT molecular complexity index is 1480. The summed E-state index contributed by atoms with van der Waals surface area (Å²) in [4.78, 5) is 35.3. The normalized spacial score (nSPS) is 10.4. The number of halogens is 1. The van der Waals surface area contributed by atoms with E-state index in [4.69, 9.17) is 38.1 Å². The molecular weight excluding hydrogens is 817 g/mol. The highest BCUT2D eigenvalue weighted by Gasteiger charge is 2.25. The molecule has 0 saturated heterocycles. The first-order chi connectivity index (χ1) is 24.1. The third-order valence-corrected chi connectivity index (χ3v) is 11.1. The summed E-state index contributed by atoms with van der Waals surface area (Å²) >= 11 is 2.15. The molecule has 292 valence electrons. The van der Waals surface area contributed by atoms with Crippen LogP contribution in [0.4, 0.5) is 0 Å². The van der Waals surface area contributed by atoms with Gasteiger partial charge in [-0.15, -0.1) is 0 Å². The van der Waals surface area contributed by atoms with E-state index in [1.54, 1.807) is 59.4 Å². The molecule has 0 fully saturated rings. The molecule has 0 N–H and O–H groups in total. The van der Waals surface area contributed by atoms with Crippen molar-refractivity contribution in [3.05, 3.63) is 46.5 Å². The van der Waals surface area contributed by atoms with E-state index < -0.39 is 19.9 Å². The Kier molecular flexibility index (Phi) is 31.9. The van der Waals surface area contributed by atoms with Crippen molar-refractivity contribution in [3.63, 3.8) is 0 Å². The number of benzene rings is 2. The molecule has 2 aromatic carbocycles. The molecule has 51 heavy (non-hydrogen) atoms. The van der Waals surface area contributed by atoms with Crippen LogP contribution in [0.3, 0.4) is 0 Å². The summed E-state index contributed by atoms with van der Waals surface area (Å²) in [6.07, 6.45) is 4.98. The van der Waals surface area contributed by atoms with Gasteiger partial charge < -0.3 is 18.9 Å². The van der Waals surface area contributed by atoms with Gasteiger partial charge in [0.05, 0.1) is 28.8 Å². The van der Waals surface area contributed by atoms with Crippen LogP contribution in [0.1, 0.15) is 68.2 Å². The fourth-order valence-corrected chi connectivity index (χ4v) is 8.17. The van der Waals surface area contributed by atoms with Gasteiger partial charge >= 0.3 is 12.3 Å². The Morgan fingerprint density at radius 3 is 1.31 bits per heavy atom. The van der Waals surface area contributed by atoms with E-state index in [0.29, 0.717) is 71.8 Å². The minimum Gasteiger partial charge on any atom is -0.491 e. The van der Waals surface area contributed by atoms with Crippen molar-refractivity contribution in [2.24, 2.45) is 0 Å². The van der Waals surface area contributed by atoms with E-state index in [-0.39, 0.29) is 18.1 Å². The lowest BCUT2D eigenvalue weighted by Gasteiger charge is -2.20. The van der Waals surface area contributed by atoms with Gasteiger partial charge in [0.1, 0.15) is 24.7 Å². The molecule has 0 bridgehead atoms. The summed E-state index contributed by atoms with van der Waals surface area (Å²) in [5.74, 6) is 1.57. The fraction of sp³-hybridized carbons (Fsp3) is 0.600. The molecule has 0 radical (unpaired) electrons. The van der Waals surface area contributed by atoms with Crippen LogP contribution in [-0.2, 0) is 48.5 Å². The molecular formula is C35H56INO12S2. The third-order valence-electron chi connectivity index (χ3n) is 6.80. The molecule has 0 aliphatic carbocycles. The summed E-state index contributed by atoms with van der Waals surface area (Å²) in [5.41, 5.74) is 2.91. The molecule has 13 nitrogen and oxygen atoms in total. The van der Waals surface area contributed by atoms with Gasteiger partial charge in [0.15, 0.2) is 9.84 Å². The first-order valence-corrected chi connectivity index (χ1v) is 21.4. The second-order valence-corrected chi connectivity index (χ2v) is 14.9. The van der Waals surface area contributed by atoms with Gasteiger partial charge in [-0.05, 0) is 92.0 Å². The summed E-state index contributed by atoms with van der Waals surface area (Å²) in [7, 11) is -1.82. The molecule has 0 aliphatic heterocycles. The lowest BCUT2D eigenvalue weighted by molar-refractivity contribution is -0.193. The van der Waals surface area contributed by atoms with Crippen molar-refractivity contribution >= 4 is 54.8 Å². The van der Waals surface area contributed by atoms with Crippen LogP contribution in [-0.4, -0.2) is 98.4 Å². The lowest BCUT2D eigenvalue weighted by Crippen LogP contribution is -2.29. The van der Waals surface area contributed by atoms with Crippen molar-refractivity contribution in [2.75, 3.05) is 64.9 Å². The largest absolute Gasteiger partial charge is 0.491 e.